The molecule has 136 valence electrons. The summed E-state index contributed by atoms with van der Waals surface area (Å²) in [5, 5.41) is 8.87. The van der Waals surface area contributed by atoms with Gasteiger partial charge in [0.1, 0.15) is 5.75 Å². The van der Waals surface area contributed by atoms with Crippen molar-refractivity contribution in [3.8, 4) is 5.75 Å². The van der Waals surface area contributed by atoms with Gasteiger partial charge in [-0.3, -0.25) is 9.48 Å². The monoisotopic (exact) mass is 437 g/mol. The zero-order valence-electron chi connectivity index (χ0n) is 14.3. The summed E-state index contributed by atoms with van der Waals surface area (Å²) in [4.78, 5) is 14.1. The quantitative estimate of drug-likeness (QED) is 0.592. The molecule has 0 unspecified atom stereocenters. The van der Waals surface area contributed by atoms with Crippen molar-refractivity contribution in [3.05, 3.63) is 63.6 Å². The number of carbonyl (C=O) groups excluding carboxylic acids is 1. The Morgan fingerprint density at radius 2 is 2.15 bits per heavy atom. The summed E-state index contributed by atoms with van der Waals surface area (Å²) in [5.41, 5.74) is 1.29. The lowest BCUT2D eigenvalue weighted by Crippen LogP contribution is -2.27. The van der Waals surface area contributed by atoms with E-state index in [9.17, 15) is 4.79 Å². The van der Waals surface area contributed by atoms with Gasteiger partial charge in [0.05, 0.1) is 17.3 Å². The molecule has 0 radical (unpaired) electrons. The predicted molar refractivity (Wildman–Crippen MR) is 101 cm³/mol. The number of rotatable bonds is 6. The number of carbonyl (C=O) groups is 1. The van der Waals surface area contributed by atoms with Crippen LogP contribution in [-0.2, 0) is 20.3 Å². The molecular formula is C17H17BrClN5O2. The Morgan fingerprint density at radius 3 is 2.85 bits per heavy atom. The van der Waals surface area contributed by atoms with Crippen LogP contribution >= 0.6 is 27.5 Å². The van der Waals surface area contributed by atoms with Crippen molar-refractivity contribution in [2.75, 3.05) is 7.05 Å². The number of aromatic nitrogens is 4. The third kappa shape index (κ3) is 4.25. The van der Waals surface area contributed by atoms with Gasteiger partial charge in [0.25, 0.3) is 5.91 Å². The maximum absolute atomic E-state index is 12.5. The number of hydrogen-bond donors (Lipinski definition) is 0. The first-order valence-electron chi connectivity index (χ1n) is 7.77. The van der Waals surface area contributed by atoms with Crippen molar-refractivity contribution in [2.24, 2.45) is 7.05 Å². The van der Waals surface area contributed by atoms with Gasteiger partial charge in [-0.2, -0.15) is 10.2 Å². The first-order chi connectivity index (χ1) is 12.4. The number of benzene rings is 1. The van der Waals surface area contributed by atoms with E-state index >= 15 is 0 Å². The highest BCUT2D eigenvalue weighted by atomic mass is 79.9. The molecule has 26 heavy (non-hydrogen) atoms. The molecule has 0 saturated carbocycles. The average Bonchev–Trinajstić information content (AvgIpc) is 3.23. The number of ether oxygens (including phenoxy) is 1. The molecule has 2 heterocycles. The minimum atomic E-state index is -0.174. The summed E-state index contributed by atoms with van der Waals surface area (Å²) < 4.78 is 9.80. The van der Waals surface area contributed by atoms with E-state index in [4.69, 9.17) is 16.3 Å². The van der Waals surface area contributed by atoms with Gasteiger partial charge in [-0.25, -0.2) is 4.68 Å². The highest BCUT2D eigenvalue weighted by Crippen LogP contribution is 2.27. The standard InChI is InChI=1S/C17H17BrClN5O2/c1-22(10-13-5-7-20-23(13)2)17(25)15-6-8-24(21-15)11-26-16-4-3-12(18)9-14(16)19/h3-9H,10-11H2,1-2H3. The molecule has 0 bridgehead atoms. The minimum Gasteiger partial charge on any atom is -0.470 e. The molecule has 0 N–H and O–H groups in total. The second-order valence-electron chi connectivity index (χ2n) is 5.70. The fourth-order valence-electron chi connectivity index (χ4n) is 2.34. The smallest absolute Gasteiger partial charge is 0.274 e. The van der Waals surface area contributed by atoms with Crippen molar-refractivity contribution < 1.29 is 9.53 Å². The van der Waals surface area contributed by atoms with E-state index in [1.807, 2.05) is 19.2 Å². The van der Waals surface area contributed by atoms with Gasteiger partial charge in [-0.05, 0) is 30.3 Å². The molecular weight excluding hydrogens is 422 g/mol. The fraction of sp³-hybridized carbons (Fsp3) is 0.235. The molecule has 0 fully saturated rings. The summed E-state index contributed by atoms with van der Waals surface area (Å²) in [7, 11) is 3.57. The minimum absolute atomic E-state index is 0.153. The largest absolute Gasteiger partial charge is 0.470 e. The molecule has 9 heteroatoms. The molecule has 3 rings (SSSR count). The van der Waals surface area contributed by atoms with E-state index in [1.54, 1.807) is 51.9 Å². The average molecular weight is 439 g/mol. The van der Waals surface area contributed by atoms with Crippen molar-refractivity contribution in [3.63, 3.8) is 0 Å². The predicted octanol–water partition coefficient (Wildman–Crippen LogP) is 3.34. The lowest BCUT2D eigenvalue weighted by atomic mass is 10.3. The summed E-state index contributed by atoms with van der Waals surface area (Å²) in [6.07, 6.45) is 3.39. The van der Waals surface area contributed by atoms with E-state index in [0.717, 1.165) is 10.2 Å². The molecule has 1 amide bonds. The third-order valence-electron chi connectivity index (χ3n) is 3.77. The Kier molecular flexibility index (Phi) is 5.63. The molecule has 3 aromatic rings. The molecule has 0 aliphatic carbocycles. The first-order valence-corrected chi connectivity index (χ1v) is 8.95. The van der Waals surface area contributed by atoms with Crippen LogP contribution in [0.25, 0.3) is 0 Å². The molecule has 0 aliphatic rings. The third-order valence-corrected chi connectivity index (χ3v) is 4.56. The SMILES string of the molecule is CN(Cc1ccnn1C)C(=O)c1ccn(COc2ccc(Br)cc2Cl)n1. The Morgan fingerprint density at radius 1 is 1.35 bits per heavy atom. The second-order valence-corrected chi connectivity index (χ2v) is 7.02. The fourth-order valence-corrected chi connectivity index (χ4v) is 3.07. The van der Waals surface area contributed by atoms with Crippen molar-refractivity contribution in [1.82, 2.24) is 24.5 Å². The number of halogens is 2. The molecule has 0 spiro atoms. The second kappa shape index (κ2) is 7.92. The molecule has 0 saturated heterocycles. The number of aryl methyl sites for hydroxylation is 1. The van der Waals surface area contributed by atoms with Crippen LogP contribution in [0.4, 0.5) is 0 Å². The Balaban J connectivity index is 1.61. The van der Waals surface area contributed by atoms with E-state index in [2.05, 4.69) is 26.1 Å². The van der Waals surface area contributed by atoms with Crippen LogP contribution in [-0.4, -0.2) is 37.4 Å². The summed E-state index contributed by atoms with van der Waals surface area (Å²) in [6.45, 7) is 0.604. The normalized spacial score (nSPS) is 10.8. The van der Waals surface area contributed by atoms with Crippen molar-refractivity contribution >= 4 is 33.4 Å². The zero-order chi connectivity index (χ0) is 18.7. The van der Waals surface area contributed by atoms with Crippen molar-refractivity contribution in [1.29, 1.82) is 0 Å². The molecule has 0 atom stereocenters. The molecule has 0 aliphatic heterocycles. The van der Waals surface area contributed by atoms with Crippen LogP contribution < -0.4 is 4.74 Å². The van der Waals surface area contributed by atoms with Crippen LogP contribution in [0.2, 0.25) is 5.02 Å². The molecule has 1 aromatic carbocycles. The van der Waals surface area contributed by atoms with Gasteiger partial charge >= 0.3 is 0 Å². The van der Waals surface area contributed by atoms with E-state index in [1.165, 1.54) is 0 Å². The van der Waals surface area contributed by atoms with Crippen LogP contribution in [0.5, 0.6) is 5.75 Å². The van der Waals surface area contributed by atoms with Gasteiger partial charge in [0.2, 0.25) is 0 Å². The van der Waals surface area contributed by atoms with E-state index in [-0.39, 0.29) is 12.6 Å². The molecule has 7 nitrogen and oxygen atoms in total. The van der Waals surface area contributed by atoms with E-state index < -0.39 is 0 Å². The van der Waals surface area contributed by atoms with Gasteiger partial charge in [0, 0.05) is 31.0 Å². The number of amides is 1. The van der Waals surface area contributed by atoms with Gasteiger partial charge in [-0.1, -0.05) is 27.5 Å². The maximum atomic E-state index is 12.5. The lowest BCUT2D eigenvalue weighted by Gasteiger charge is -2.15. The first kappa shape index (κ1) is 18.5. The number of nitrogens with zero attached hydrogens (tertiary/aromatic N) is 5. The van der Waals surface area contributed by atoms with Gasteiger partial charge in [-0.15, -0.1) is 0 Å². The van der Waals surface area contributed by atoms with Gasteiger partial charge in [0.15, 0.2) is 12.4 Å². The summed E-state index contributed by atoms with van der Waals surface area (Å²) >= 11 is 9.47. The Hall–Kier alpha value is -2.32. The van der Waals surface area contributed by atoms with Crippen LogP contribution in [0.3, 0.4) is 0 Å². The number of hydrogen-bond acceptors (Lipinski definition) is 4. The zero-order valence-corrected chi connectivity index (χ0v) is 16.6. The highest BCUT2D eigenvalue weighted by Gasteiger charge is 2.16. The van der Waals surface area contributed by atoms with Crippen molar-refractivity contribution in [2.45, 2.75) is 13.3 Å². The summed E-state index contributed by atoms with van der Waals surface area (Å²) in [6, 6.07) is 8.89. The van der Waals surface area contributed by atoms with Crippen LogP contribution in [0.1, 0.15) is 16.2 Å². The topological polar surface area (TPSA) is 65.2 Å². The van der Waals surface area contributed by atoms with Gasteiger partial charge < -0.3 is 9.64 Å². The lowest BCUT2D eigenvalue weighted by molar-refractivity contribution is 0.0774. The Labute approximate surface area is 164 Å². The maximum Gasteiger partial charge on any atom is 0.274 e. The Bertz CT molecular complexity index is 924. The van der Waals surface area contributed by atoms with Crippen LogP contribution in [0, 0.1) is 0 Å². The summed E-state index contributed by atoms with van der Waals surface area (Å²) in [5.74, 6) is 0.373. The molecule has 2 aromatic heterocycles. The highest BCUT2D eigenvalue weighted by molar-refractivity contribution is 9.10. The van der Waals surface area contributed by atoms with Crippen LogP contribution in [0.15, 0.2) is 47.2 Å². The van der Waals surface area contributed by atoms with E-state index in [0.29, 0.717) is 23.0 Å².